The van der Waals surface area contributed by atoms with Crippen LogP contribution in [0, 0.1) is 4.91 Å². The van der Waals surface area contributed by atoms with Gasteiger partial charge in [-0.25, -0.2) is 4.98 Å². The van der Waals surface area contributed by atoms with Crippen LogP contribution in [0.2, 0.25) is 0 Å². The Hall–Kier alpha value is -1.42. The first-order valence-electron chi connectivity index (χ1n) is 3.63. The van der Waals surface area contributed by atoms with Crippen molar-refractivity contribution in [3.63, 3.8) is 0 Å². The molecule has 0 saturated carbocycles. The van der Waals surface area contributed by atoms with Gasteiger partial charge in [0.15, 0.2) is 5.58 Å². The lowest BCUT2D eigenvalue weighted by Crippen LogP contribution is -1.73. The molecule has 0 atom stereocenters. The van der Waals surface area contributed by atoms with Gasteiger partial charge in [0.25, 0.3) is 0 Å². The van der Waals surface area contributed by atoms with Gasteiger partial charge in [0.1, 0.15) is 11.2 Å². The highest BCUT2D eigenvalue weighted by Crippen LogP contribution is 2.25. The minimum atomic E-state index is 0.187. The summed E-state index contributed by atoms with van der Waals surface area (Å²) in [5, 5.41) is 2.83. The molecule has 0 unspecified atom stereocenters. The number of alkyl halides is 1. The minimum Gasteiger partial charge on any atom is -0.439 e. The Bertz CT molecular complexity index is 452. The van der Waals surface area contributed by atoms with Gasteiger partial charge in [-0.1, -0.05) is 6.07 Å². The van der Waals surface area contributed by atoms with Crippen molar-refractivity contribution in [3.05, 3.63) is 29.0 Å². The molecule has 0 spiro atoms. The molecule has 0 N–H and O–H groups in total. The third-order valence-corrected chi connectivity index (χ3v) is 1.88. The smallest absolute Gasteiger partial charge is 0.210 e. The normalized spacial score (nSPS) is 10.5. The van der Waals surface area contributed by atoms with E-state index in [4.69, 9.17) is 16.0 Å². The average molecular weight is 197 g/mol. The molecule has 0 amide bonds. The summed E-state index contributed by atoms with van der Waals surface area (Å²) < 4.78 is 5.22. The van der Waals surface area contributed by atoms with Crippen LogP contribution in [0.4, 0.5) is 5.69 Å². The van der Waals surface area contributed by atoms with E-state index >= 15 is 0 Å². The SMILES string of the molecule is O=Nc1cccc2oc(CCl)nc12. The molecule has 2 rings (SSSR count). The first kappa shape index (κ1) is 8.19. The Morgan fingerprint density at radius 1 is 1.54 bits per heavy atom. The topological polar surface area (TPSA) is 55.5 Å². The largest absolute Gasteiger partial charge is 0.439 e. The molecule has 0 aliphatic heterocycles. The second-order valence-electron chi connectivity index (χ2n) is 2.46. The van der Waals surface area contributed by atoms with Gasteiger partial charge in [0, 0.05) is 0 Å². The Morgan fingerprint density at radius 3 is 3.08 bits per heavy atom. The fourth-order valence-corrected chi connectivity index (χ4v) is 1.23. The lowest BCUT2D eigenvalue weighted by Gasteiger charge is -1.86. The van der Waals surface area contributed by atoms with Crippen molar-refractivity contribution < 1.29 is 4.42 Å². The van der Waals surface area contributed by atoms with Crippen LogP contribution in [0.3, 0.4) is 0 Å². The van der Waals surface area contributed by atoms with Crippen molar-refractivity contribution in [2.45, 2.75) is 5.88 Å². The predicted octanol–water partition coefficient (Wildman–Crippen LogP) is 2.96. The van der Waals surface area contributed by atoms with Crippen LogP contribution < -0.4 is 0 Å². The van der Waals surface area contributed by atoms with E-state index in [1.165, 1.54) is 0 Å². The van der Waals surface area contributed by atoms with Gasteiger partial charge in [-0.3, -0.25) is 0 Å². The zero-order valence-corrected chi connectivity index (χ0v) is 7.28. The fourth-order valence-electron chi connectivity index (χ4n) is 1.11. The van der Waals surface area contributed by atoms with Gasteiger partial charge in [-0.05, 0) is 17.3 Å². The molecule has 5 heteroatoms. The van der Waals surface area contributed by atoms with Crippen LogP contribution in [0.1, 0.15) is 5.89 Å². The van der Waals surface area contributed by atoms with E-state index in [9.17, 15) is 4.91 Å². The number of fused-ring (bicyclic) bond motifs is 1. The number of aromatic nitrogens is 1. The molecule has 2 aromatic rings. The number of hydrogen-bond donors (Lipinski definition) is 0. The molecule has 1 aromatic heterocycles. The number of nitroso groups, excluding NO2 is 1. The monoisotopic (exact) mass is 196 g/mol. The van der Waals surface area contributed by atoms with Gasteiger partial charge >= 0.3 is 0 Å². The highest BCUT2D eigenvalue weighted by atomic mass is 35.5. The number of hydrogen-bond acceptors (Lipinski definition) is 4. The van der Waals surface area contributed by atoms with Crippen LogP contribution in [0.5, 0.6) is 0 Å². The van der Waals surface area contributed by atoms with E-state index in [-0.39, 0.29) is 11.6 Å². The van der Waals surface area contributed by atoms with E-state index in [0.29, 0.717) is 17.0 Å². The van der Waals surface area contributed by atoms with Gasteiger partial charge in [-0.2, -0.15) is 0 Å². The highest BCUT2D eigenvalue weighted by Gasteiger charge is 2.08. The number of para-hydroxylation sites is 1. The Morgan fingerprint density at radius 2 is 2.38 bits per heavy atom. The third kappa shape index (κ3) is 1.29. The average Bonchev–Trinajstić information content (AvgIpc) is 2.59. The molecule has 66 valence electrons. The van der Waals surface area contributed by atoms with Gasteiger partial charge in [-0.15, -0.1) is 16.5 Å². The van der Waals surface area contributed by atoms with Crippen LogP contribution in [-0.2, 0) is 5.88 Å². The quantitative estimate of drug-likeness (QED) is 0.548. The van der Waals surface area contributed by atoms with Gasteiger partial charge < -0.3 is 4.42 Å². The molecule has 1 heterocycles. The predicted molar refractivity (Wildman–Crippen MR) is 49.0 cm³/mol. The van der Waals surface area contributed by atoms with E-state index in [1.807, 2.05) is 0 Å². The van der Waals surface area contributed by atoms with E-state index in [2.05, 4.69) is 10.2 Å². The Balaban J connectivity index is 2.74. The summed E-state index contributed by atoms with van der Waals surface area (Å²) in [7, 11) is 0. The molecule has 0 saturated heterocycles. The van der Waals surface area contributed by atoms with Crippen molar-refractivity contribution in [3.8, 4) is 0 Å². The summed E-state index contributed by atoms with van der Waals surface area (Å²) in [5.74, 6) is 0.584. The number of nitrogens with zero attached hydrogens (tertiary/aromatic N) is 2. The lowest BCUT2D eigenvalue weighted by molar-refractivity contribution is 0.555. The standard InChI is InChI=1S/C8H5ClN2O2/c9-4-7-10-8-5(11-12)2-1-3-6(8)13-7/h1-3H,4H2. The molecule has 1 aromatic carbocycles. The van der Waals surface area contributed by atoms with Crippen LogP contribution in [0.25, 0.3) is 11.1 Å². The van der Waals surface area contributed by atoms with Gasteiger partial charge in [0.05, 0.1) is 5.88 Å². The molecule has 0 radical (unpaired) electrons. The molecule has 13 heavy (non-hydrogen) atoms. The zero-order valence-electron chi connectivity index (χ0n) is 6.53. The molecular formula is C8H5ClN2O2. The molecule has 0 aliphatic rings. The summed E-state index contributed by atoms with van der Waals surface area (Å²) in [4.78, 5) is 14.4. The second kappa shape index (κ2) is 3.14. The van der Waals surface area contributed by atoms with Gasteiger partial charge in [0.2, 0.25) is 5.89 Å². The molecule has 0 bridgehead atoms. The maximum absolute atomic E-state index is 10.4. The van der Waals surface area contributed by atoms with Crippen LogP contribution >= 0.6 is 11.6 Å². The number of rotatable bonds is 2. The summed E-state index contributed by atoms with van der Waals surface area (Å²) in [6.07, 6.45) is 0. The number of halogens is 1. The van der Waals surface area contributed by atoms with E-state index < -0.39 is 0 Å². The van der Waals surface area contributed by atoms with E-state index in [1.54, 1.807) is 18.2 Å². The fraction of sp³-hybridized carbons (Fsp3) is 0.125. The summed E-state index contributed by atoms with van der Waals surface area (Å²) in [5.41, 5.74) is 1.28. The molecule has 0 aliphatic carbocycles. The zero-order chi connectivity index (χ0) is 9.26. The van der Waals surface area contributed by atoms with Crippen LogP contribution in [0.15, 0.2) is 27.8 Å². The first-order valence-corrected chi connectivity index (χ1v) is 4.16. The van der Waals surface area contributed by atoms with E-state index in [0.717, 1.165) is 0 Å². The Kier molecular flexibility index (Phi) is 1.98. The maximum atomic E-state index is 10.4. The van der Waals surface area contributed by atoms with Crippen molar-refractivity contribution in [2.75, 3.05) is 0 Å². The summed E-state index contributed by atoms with van der Waals surface area (Å²) >= 11 is 5.53. The first-order chi connectivity index (χ1) is 6.35. The van der Waals surface area contributed by atoms with Crippen molar-refractivity contribution in [1.82, 2.24) is 4.98 Å². The molecule has 4 nitrogen and oxygen atoms in total. The Labute approximate surface area is 78.5 Å². The van der Waals surface area contributed by atoms with Crippen molar-refractivity contribution in [2.24, 2.45) is 5.18 Å². The minimum absolute atomic E-state index is 0.187. The number of benzene rings is 1. The summed E-state index contributed by atoms with van der Waals surface area (Å²) in [6.45, 7) is 0. The van der Waals surface area contributed by atoms with Crippen LogP contribution in [-0.4, -0.2) is 4.98 Å². The maximum Gasteiger partial charge on any atom is 0.210 e. The molecule has 0 fully saturated rings. The third-order valence-electron chi connectivity index (χ3n) is 1.65. The second-order valence-corrected chi connectivity index (χ2v) is 2.72. The lowest BCUT2D eigenvalue weighted by atomic mass is 10.3. The summed E-state index contributed by atoms with van der Waals surface area (Å²) in [6, 6.07) is 4.98. The number of oxazole rings is 1. The van der Waals surface area contributed by atoms with Crippen molar-refractivity contribution in [1.29, 1.82) is 0 Å². The highest BCUT2D eigenvalue weighted by molar-refractivity contribution is 6.16. The van der Waals surface area contributed by atoms with Crippen molar-refractivity contribution >= 4 is 28.4 Å². The molecular weight excluding hydrogens is 192 g/mol.